The molecule has 3 rings (SSSR count). The van der Waals surface area contributed by atoms with Gasteiger partial charge in [0.25, 0.3) is 0 Å². The van der Waals surface area contributed by atoms with Crippen LogP contribution in [0, 0.1) is 5.92 Å². The molecule has 0 bridgehead atoms. The molecular formula is C26H30ClN3O4. The van der Waals surface area contributed by atoms with Crippen LogP contribution >= 0.6 is 11.6 Å². The maximum Gasteiger partial charge on any atom is 0.249 e. The van der Waals surface area contributed by atoms with Gasteiger partial charge in [-0.1, -0.05) is 43.6 Å². The van der Waals surface area contributed by atoms with Gasteiger partial charge < -0.3 is 18.8 Å². The zero-order valence-electron chi connectivity index (χ0n) is 20.1. The lowest BCUT2D eigenvalue weighted by molar-refractivity contribution is -0.128. The monoisotopic (exact) mass is 483 g/mol. The number of rotatable bonds is 10. The number of aromatic nitrogens is 2. The van der Waals surface area contributed by atoms with Crippen molar-refractivity contribution in [2.24, 2.45) is 5.92 Å². The zero-order valence-corrected chi connectivity index (χ0v) is 20.9. The summed E-state index contributed by atoms with van der Waals surface area (Å²) in [5.74, 6) is 2.18. The lowest BCUT2D eigenvalue weighted by atomic mass is 10.1. The summed E-state index contributed by atoms with van der Waals surface area (Å²) in [6, 6.07) is 12.7. The van der Waals surface area contributed by atoms with Crippen molar-refractivity contribution in [3.63, 3.8) is 0 Å². The second-order valence-electron chi connectivity index (χ2n) is 8.49. The maximum atomic E-state index is 13.0. The minimum Gasteiger partial charge on any atom is -0.493 e. The van der Waals surface area contributed by atoms with Crippen LogP contribution in [0.4, 0.5) is 0 Å². The van der Waals surface area contributed by atoms with E-state index in [1.165, 1.54) is 6.08 Å². The summed E-state index contributed by atoms with van der Waals surface area (Å²) >= 11 is 6.22. The third-order valence-electron chi connectivity index (χ3n) is 4.96. The molecule has 0 aliphatic carbocycles. The Kier molecular flexibility index (Phi) is 8.71. The Morgan fingerprint density at radius 2 is 1.88 bits per heavy atom. The number of nitrogens with zero attached hydrogens (tertiary/aromatic N) is 3. The molecule has 180 valence electrons. The zero-order chi connectivity index (χ0) is 24.7. The van der Waals surface area contributed by atoms with Crippen molar-refractivity contribution in [3.8, 4) is 23.0 Å². The predicted molar refractivity (Wildman–Crippen MR) is 133 cm³/mol. The Balaban J connectivity index is 1.71. The van der Waals surface area contributed by atoms with Gasteiger partial charge in [0.05, 0.1) is 30.8 Å². The van der Waals surface area contributed by atoms with Gasteiger partial charge in [-0.25, -0.2) is 0 Å². The van der Waals surface area contributed by atoms with Crippen LogP contribution in [0.1, 0.15) is 39.1 Å². The first kappa shape index (κ1) is 25.3. The number of carbonyl (C=O) groups excluding carboxylic acids is 1. The second-order valence-corrected chi connectivity index (χ2v) is 8.90. The van der Waals surface area contributed by atoms with Gasteiger partial charge in [0.1, 0.15) is 0 Å². The molecule has 0 spiro atoms. The van der Waals surface area contributed by atoms with E-state index in [2.05, 4.69) is 24.0 Å². The number of amides is 1. The van der Waals surface area contributed by atoms with Crippen molar-refractivity contribution in [1.82, 2.24) is 15.1 Å². The minimum absolute atomic E-state index is 0.0749. The highest BCUT2D eigenvalue weighted by atomic mass is 35.5. The summed E-state index contributed by atoms with van der Waals surface area (Å²) in [6.07, 6.45) is 3.27. The van der Waals surface area contributed by atoms with Crippen molar-refractivity contribution in [2.75, 3.05) is 13.7 Å². The second kappa shape index (κ2) is 11.7. The van der Waals surface area contributed by atoms with Crippen molar-refractivity contribution < 1.29 is 18.7 Å². The molecule has 0 radical (unpaired) electrons. The Morgan fingerprint density at radius 1 is 1.12 bits per heavy atom. The Bertz CT molecular complexity index is 1140. The molecule has 3 aromatic rings. The Hall–Kier alpha value is -3.32. The van der Waals surface area contributed by atoms with E-state index in [0.29, 0.717) is 46.4 Å². The van der Waals surface area contributed by atoms with E-state index in [4.69, 9.17) is 25.5 Å². The Labute approximate surface area is 205 Å². The first-order chi connectivity index (χ1) is 16.3. The lowest BCUT2D eigenvalue weighted by Gasteiger charge is -2.23. The summed E-state index contributed by atoms with van der Waals surface area (Å²) in [6.45, 7) is 8.82. The molecule has 2 aromatic carbocycles. The third kappa shape index (κ3) is 6.60. The average Bonchev–Trinajstić information content (AvgIpc) is 3.28. The van der Waals surface area contributed by atoms with Crippen molar-refractivity contribution >= 4 is 23.6 Å². The molecule has 0 saturated carbocycles. The fourth-order valence-electron chi connectivity index (χ4n) is 3.15. The molecule has 0 aliphatic rings. The van der Waals surface area contributed by atoms with Gasteiger partial charge in [-0.2, -0.15) is 0 Å². The molecule has 1 aromatic heterocycles. The van der Waals surface area contributed by atoms with Crippen LogP contribution in [-0.2, 0) is 11.3 Å². The van der Waals surface area contributed by atoms with Crippen molar-refractivity contribution in [2.45, 2.75) is 40.3 Å². The summed E-state index contributed by atoms with van der Waals surface area (Å²) in [4.78, 5) is 14.6. The van der Waals surface area contributed by atoms with Gasteiger partial charge >= 0.3 is 0 Å². The Morgan fingerprint density at radius 3 is 2.56 bits per heavy atom. The van der Waals surface area contributed by atoms with E-state index in [1.807, 2.05) is 44.2 Å². The fraction of sp³-hybridized carbons (Fsp3) is 0.346. The number of methoxy groups -OCH3 is 1. The topological polar surface area (TPSA) is 77.7 Å². The number of halogens is 1. The third-order valence-corrected chi connectivity index (χ3v) is 5.29. The van der Waals surface area contributed by atoms with Crippen molar-refractivity contribution in [3.05, 3.63) is 65.0 Å². The van der Waals surface area contributed by atoms with Crippen LogP contribution in [0.5, 0.6) is 11.5 Å². The quantitative estimate of drug-likeness (QED) is 0.335. The first-order valence-electron chi connectivity index (χ1n) is 11.1. The molecule has 8 heteroatoms. The summed E-state index contributed by atoms with van der Waals surface area (Å²) in [5, 5.41) is 8.70. The molecule has 1 heterocycles. The molecule has 0 N–H and O–H groups in total. The smallest absolute Gasteiger partial charge is 0.249 e. The van der Waals surface area contributed by atoms with E-state index in [9.17, 15) is 4.79 Å². The number of carbonyl (C=O) groups is 1. The largest absolute Gasteiger partial charge is 0.493 e. The maximum absolute atomic E-state index is 13.0. The van der Waals surface area contributed by atoms with Crippen LogP contribution in [0.25, 0.3) is 17.5 Å². The molecular weight excluding hydrogens is 454 g/mol. The highest BCUT2D eigenvalue weighted by Gasteiger charge is 2.19. The van der Waals surface area contributed by atoms with E-state index < -0.39 is 0 Å². The molecule has 7 nitrogen and oxygen atoms in total. The number of ether oxygens (including phenoxy) is 2. The molecule has 0 unspecified atom stereocenters. The van der Waals surface area contributed by atoms with Gasteiger partial charge in [-0.05, 0) is 55.7 Å². The van der Waals surface area contributed by atoms with Crippen LogP contribution < -0.4 is 9.47 Å². The van der Waals surface area contributed by atoms with Crippen LogP contribution in [0.3, 0.4) is 0 Å². The predicted octanol–water partition coefficient (Wildman–Crippen LogP) is 5.88. The molecule has 0 fully saturated rings. The highest BCUT2D eigenvalue weighted by molar-refractivity contribution is 6.33. The molecule has 0 atom stereocenters. The van der Waals surface area contributed by atoms with Crippen molar-refractivity contribution in [1.29, 1.82) is 0 Å². The van der Waals surface area contributed by atoms with Gasteiger partial charge in [0.15, 0.2) is 11.5 Å². The standard InChI is InChI=1S/C26H30ClN3O4/c1-17(2)16-33-22-12-10-19(14-23(22)32-5)11-13-25(31)30(18(3)4)15-24-28-29-26(34-24)20-8-6-7-9-21(20)27/h6-14,17-18H,15-16H2,1-5H3/b13-11+. The summed E-state index contributed by atoms with van der Waals surface area (Å²) in [5.41, 5.74) is 1.48. The van der Waals surface area contributed by atoms with Gasteiger partial charge in [0.2, 0.25) is 17.7 Å². The van der Waals surface area contributed by atoms with E-state index in [-0.39, 0.29) is 18.5 Å². The first-order valence-corrected chi connectivity index (χ1v) is 11.5. The molecule has 1 amide bonds. The van der Waals surface area contributed by atoms with Crippen LogP contribution in [-0.4, -0.2) is 40.8 Å². The minimum atomic E-state index is -0.174. The number of benzene rings is 2. The van der Waals surface area contributed by atoms with Crippen LogP contribution in [0.15, 0.2) is 53.0 Å². The number of hydrogen-bond acceptors (Lipinski definition) is 6. The van der Waals surface area contributed by atoms with E-state index in [1.54, 1.807) is 30.2 Å². The van der Waals surface area contributed by atoms with E-state index in [0.717, 1.165) is 5.56 Å². The summed E-state index contributed by atoms with van der Waals surface area (Å²) < 4.78 is 17.0. The summed E-state index contributed by atoms with van der Waals surface area (Å²) in [7, 11) is 1.60. The molecule has 0 aliphatic heterocycles. The van der Waals surface area contributed by atoms with Gasteiger partial charge in [-0.15, -0.1) is 10.2 Å². The van der Waals surface area contributed by atoms with E-state index >= 15 is 0 Å². The van der Waals surface area contributed by atoms with Gasteiger partial charge in [-0.3, -0.25) is 4.79 Å². The highest BCUT2D eigenvalue weighted by Crippen LogP contribution is 2.29. The van der Waals surface area contributed by atoms with Gasteiger partial charge in [0, 0.05) is 12.1 Å². The average molecular weight is 484 g/mol. The molecule has 34 heavy (non-hydrogen) atoms. The fourth-order valence-corrected chi connectivity index (χ4v) is 3.37. The lowest BCUT2D eigenvalue weighted by Crippen LogP contribution is -2.35. The SMILES string of the molecule is COc1cc(/C=C/C(=O)N(Cc2nnc(-c3ccccc3Cl)o2)C(C)C)ccc1OCC(C)C. The van der Waals surface area contributed by atoms with Crippen LogP contribution in [0.2, 0.25) is 5.02 Å². The molecule has 0 saturated heterocycles. The number of hydrogen-bond donors (Lipinski definition) is 0. The normalized spacial score (nSPS) is 11.4.